The Bertz CT molecular complexity index is 598. The van der Waals surface area contributed by atoms with Gasteiger partial charge in [-0.05, 0) is 6.07 Å². The van der Waals surface area contributed by atoms with Gasteiger partial charge in [0.05, 0.1) is 11.0 Å². The molecule has 106 valence electrons. The van der Waals surface area contributed by atoms with Gasteiger partial charge in [0.15, 0.2) is 6.10 Å². The molecule has 0 amide bonds. The molecule has 2 N–H and O–H groups in total. The fourth-order valence-electron chi connectivity index (χ4n) is 1.41. The molecular weight excluding hydrogens is 282 g/mol. The number of carboxylic acids is 1. The number of hydrogen-bond acceptors (Lipinski definition) is 6. The zero-order valence-corrected chi connectivity index (χ0v) is 9.49. The van der Waals surface area contributed by atoms with E-state index in [0.29, 0.717) is 12.1 Å². The molecule has 0 fully saturated rings. The van der Waals surface area contributed by atoms with Gasteiger partial charge in [0.2, 0.25) is 0 Å². The summed E-state index contributed by atoms with van der Waals surface area (Å²) >= 11 is 0. The number of nitro groups is 1. The Morgan fingerprint density at radius 1 is 1.50 bits per heavy atom. The monoisotopic (exact) mass is 288 g/mol. The van der Waals surface area contributed by atoms with E-state index in [9.17, 15) is 28.8 Å². The van der Waals surface area contributed by atoms with Crippen molar-refractivity contribution in [3.63, 3.8) is 0 Å². The van der Waals surface area contributed by atoms with Crippen LogP contribution in [0.2, 0.25) is 0 Å². The quantitative estimate of drug-likeness (QED) is 0.613. The Morgan fingerprint density at radius 3 is 2.50 bits per heavy atom. The van der Waals surface area contributed by atoms with Crippen molar-refractivity contribution < 1.29 is 33.4 Å². The maximum absolute atomic E-state index is 12.1. The highest BCUT2D eigenvalue weighted by atomic mass is 19.3. The highest BCUT2D eigenvalue weighted by molar-refractivity contribution is 5.76. The third-order valence-corrected chi connectivity index (χ3v) is 2.18. The van der Waals surface area contributed by atoms with Crippen molar-refractivity contribution >= 4 is 11.7 Å². The molecule has 0 saturated carbocycles. The average molecular weight is 288 g/mol. The highest BCUT2D eigenvalue weighted by Gasteiger charge is 2.28. The number of nitro benzene ring substituents is 1. The summed E-state index contributed by atoms with van der Waals surface area (Å²) in [5.41, 5.74) is -2.39. The number of ether oxygens (including phenoxy) is 1. The number of aliphatic carboxylic acids is 1. The van der Waals surface area contributed by atoms with Gasteiger partial charge in [-0.15, -0.1) is 0 Å². The molecule has 0 aromatic heterocycles. The van der Waals surface area contributed by atoms with Crippen molar-refractivity contribution in [1.82, 2.24) is 0 Å². The van der Waals surface area contributed by atoms with Crippen LogP contribution >= 0.6 is 0 Å². The number of rotatable bonds is 5. The number of hydrogen-bond donors (Lipinski definition) is 2. The van der Waals surface area contributed by atoms with E-state index >= 15 is 0 Å². The average Bonchev–Trinajstić information content (AvgIpc) is 2.35. The minimum absolute atomic E-state index is 0.544. The summed E-state index contributed by atoms with van der Waals surface area (Å²) < 4.78 is 28.1. The number of benzene rings is 1. The molecular formula is C10H6F2N2O6. The summed E-state index contributed by atoms with van der Waals surface area (Å²) in [5, 5.41) is 37.5. The van der Waals surface area contributed by atoms with Crippen molar-refractivity contribution in [2.75, 3.05) is 0 Å². The second-order valence-corrected chi connectivity index (χ2v) is 3.39. The van der Waals surface area contributed by atoms with Crippen molar-refractivity contribution in [2.45, 2.75) is 12.7 Å². The summed E-state index contributed by atoms with van der Waals surface area (Å²) in [5.74, 6) is -2.54. The first kappa shape index (κ1) is 15.3. The molecule has 20 heavy (non-hydrogen) atoms. The van der Waals surface area contributed by atoms with Crippen LogP contribution in [0.1, 0.15) is 17.2 Å². The van der Waals surface area contributed by atoms with Crippen molar-refractivity contribution in [2.24, 2.45) is 0 Å². The number of carbonyl (C=O) groups is 1. The minimum Gasteiger partial charge on any atom is -0.479 e. The molecule has 0 heterocycles. The maximum atomic E-state index is 12.1. The van der Waals surface area contributed by atoms with Crippen LogP contribution < -0.4 is 4.74 Å². The first-order chi connectivity index (χ1) is 9.27. The maximum Gasteiger partial charge on any atom is 0.387 e. The first-order valence-corrected chi connectivity index (χ1v) is 4.86. The predicted octanol–water partition coefficient (Wildman–Crippen LogP) is 1.19. The molecule has 0 aliphatic rings. The molecule has 1 rings (SSSR count). The van der Waals surface area contributed by atoms with E-state index in [4.69, 9.17) is 10.4 Å². The lowest BCUT2D eigenvalue weighted by Crippen LogP contribution is -2.14. The van der Waals surface area contributed by atoms with Crippen LogP contribution in [-0.2, 0) is 4.79 Å². The molecule has 1 atom stereocenters. The number of alkyl halides is 2. The Labute approximate surface area is 109 Å². The van der Waals surface area contributed by atoms with Gasteiger partial charge in [-0.3, -0.25) is 10.1 Å². The summed E-state index contributed by atoms with van der Waals surface area (Å²) in [4.78, 5) is 20.3. The van der Waals surface area contributed by atoms with Gasteiger partial charge in [0.1, 0.15) is 17.4 Å². The largest absolute Gasteiger partial charge is 0.479 e. The SMILES string of the molecule is N#Cc1c(C(O)C(=O)O)cc(OC(F)F)cc1[N+](=O)[O-]. The lowest BCUT2D eigenvalue weighted by molar-refractivity contribution is -0.385. The van der Waals surface area contributed by atoms with E-state index in [-0.39, 0.29) is 0 Å². The molecule has 0 aliphatic heterocycles. The molecule has 0 bridgehead atoms. The third-order valence-electron chi connectivity index (χ3n) is 2.18. The van der Waals surface area contributed by atoms with Gasteiger partial charge in [0.25, 0.3) is 5.69 Å². The molecule has 0 saturated heterocycles. The fraction of sp³-hybridized carbons (Fsp3) is 0.200. The second kappa shape index (κ2) is 5.89. The second-order valence-electron chi connectivity index (χ2n) is 3.39. The number of halogens is 2. The van der Waals surface area contributed by atoms with E-state index in [0.717, 1.165) is 0 Å². The normalized spacial score (nSPS) is 11.8. The number of aliphatic hydroxyl groups is 1. The van der Waals surface area contributed by atoms with Crippen LogP contribution in [0, 0.1) is 21.4 Å². The number of carboxylic acid groups (broad SMARTS) is 1. The van der Waals surface area contributed by atoms with Crippen LogP contribution in [-0.4, -0.2) is 27.7 Å². The van der Waals surface area contributed by atoms with E-state index in [1.54, 1.807) is 0 Å². The van der Waals surface area contributed by atoms with E-state index in [1.807, 2.05) is 0 Å². The smallest absolute Gasteiger partial charge is 0.387 e. The zero-order valence-electron chi connectivity index (χ0n) is 9.49. The number of nitrogens with zero attached hydrogens (tertiary/aromatic N) is 2. The Balaban J connectivity index is 3.54. The van der Waals surface area contributed by atoms with E-state index < -0.39 is 46.2 Å². The summed E-state index contributed by atoms with van der Waals surface area (Å²) in [6, 6.07) is 2.53. The van der Waals surface area contributed by atoms with Crippen molar-refractivity contribution in [3.8, 4) is 11.8 Å². The standard InChI is InChI=1S/C10H6F2N2O6/c11-10(12)20-4-1-5(8(15)9(16)17)6(3-13)7(2-4)14(18)19/h1-2,8,10,15H,(H,16,17). The lowest BCUT2D eigenvalue weighted by Gasteiger charge is -2.11. The first-order valence-electron chi connectivity index (χ1n) is 4.86. The molecule has 0 radical (unpaired) electrons. The van der Waals surface area contributed by atoms with Crippen LogP contribution in [0.4, 0.5) is 14.5 Å². The van der Waals surface area contributed by atoms with Gasteiger partial charge in [-0.2, -0.15) is 14.0 Å². The topological polar surface area (TPSA) is 134 Å². The van der Waals surface area contributed by atoms with Gasteiger partial charge in [0, 0.05) is 5.56 Å². The summed E-state index contributed by atoms with van der Waals surface area (Å²) in [7, 11) is 0. The Morgan fingerprint density at radius 2 is 2.10 bits per heavy atom. The summed E-state index contributed by atoms with van der Waals surface area (Å²) in [6.07, 6.45) is -2.29. The van der Waals surface area contributed by atoms with Crippen LogP contribution in [0.25, 0.3) is 0 Å². The van der Waals surface area contributed by atoms with E-state index in [2.05, 4.69) is 4.74 Å². The molecule has 0 aliphatic carbocycles. The van der Waals surface area contributed by atoms with E-state index in [1.165, 1.54) is 6.07 Å². The Hall–Kier alpha value is -2.80. The highest BCUT2D eigenvalue weighted by Crippen LogP contribution is 2.32. The van der Waals surface area contributed by atoms with Gasteiger partial charge < -0.3 is 14.9 Å². The molecule has 8 nitrogen and oxygen atoms in total. The number of nitriles is 1. The van der Waals surface area contributed by atoms with Crippen LogP contribution in [0.15, 0.2) is 12.1 Å². The fourth-order valence-corrected chi connectivity index (χ4v) is 1.41. The zero-order chi connectivity index (χ0) is 15.4. The molecule has 1 aromatic rings. The summed E-state index contributed by atoms with van der Waals surface area (Å²) in [6.45, 7) is -3.31. The molecule has 1 unspecified atom stereocenters. The molecule has 10 heteroatoms. The van der Waals surface area contributed by atoms with Gasteiger partial charge >= 0.3 is 12.6 Å². The third kappa shape index (κ3) is 3.15. The molecule has 1 aromatic carbocycles. The van der Waals surface area contributed by atoms with Gasteiger partial charge in [-0.1, -0.05) is 0 Å². The van der Waals surface area contributed by atoms with Crippen LogP contribution in [0.5, 0.6) is 5.75 Å². The van der Waals surface area contributed by atoms with Crippen molar-refractivity contribution in [3.05, 3.63) is 33.4 Å². The minimum atomic E-state index is -3.31. The van der Waals surface area contributed by atoms with Gasteiger partial charge in [-0.25, -0.2) is 4.79 Å². The molecule has 0 spiro atoms. The lowest BCUT2D eigenvalue weighted by atomic mass is 10.0. The van der Waals surface area contributed by atoms with Crippen molar-refractivity contribution in [1.29, 1.82) is 5.26 Å². The van der Waals surface area contributed by atoms with Crippen LogP contribution in [0.3, 0.4) is 0 Å². The Kier molecular flexibility index (Phi) is 4.50. The number of aliphatic hydroxyl groups excluding tert-OH is 1. The predicted molar refractivity (Wildman–Crippen MR) is 57.0 cm³/mol.